The van der Waals surface area contributed by atoms with E-state index in [1.807, 2.05) is 30.7 Å². The van der Waals surface area contributed by atoms with Gasteiger partial charge in [0.1, 0.15) is 11.6 Å². The Labute approximate surface area is 201 Å². The molecule has 1 aromatic heterocycles. The second-order valence-electron chi connectivity index (χ2n) is 7.66. The SMILES string of the molecule is COc1ccc(CN=C(NCc2nnc(C)n2C)N2CCSC(C(C)C)C2)cc1.I. The number of ether oxygens (including phenoxy) is 1. The average molecular weight is 545 g/mol. The van der Waals surface area contributed by atoms with Crippen LogP contribution >= 0.6 is 35.7 Å². The summed E-state index contributed by atoms with van der Waals surface area (Å²) in [5.41, 5.74) is 1.16. The molecule has 7 nitrogen and oxygen atoms in total. The highest BCUT2D eigenvalue weighted by Gasteiger charge is 2.25. The van der Waals surface area contributed by atoms with Crippen molar-refractivity contribution >= 4 is 41.7 Å². The molecule has 1 fully saturated rings. The Morgan fingerprint density at radius 1 is 1.30 bits per heavy atom. The molecule has 166 valence electrons. The van der Waals surface area contributed by atoms with Crippen LogP contribution in [0.3, 0.4) is 0 Å². The summed E-state index contributed by atoms with van der Waals surface area (Å²) < 4.78 is 7.26. The predicted octanol–water partition coefficient (Wildman–Crippen LogP) is 3.47. The van der Waals surface area contributed by atoms with Crippen LogP contribution in [-0.2, 0) is 20.1 Å². The molecule has 0 aliphatic carbocycles. The van der Waals surface area contributed by atoms with Crippen LogP contribution in [-0.4, -0.2) is 56.8 Å². The minimum atomic E-state index is 0. The van der Waals surface area contributed by atoms with Gasteiger partial charge in [0, 0.05) is 31.1 Å². The van der Waals surface area contributed by atoms with Gasteiger partial charge in [0.2, 0.25) is 0 Å². The lowest BCUT2D eigenvalue weighted by Crippen LogP contribution is -2.49. The molecule has 0 spiro atoms. The van der Waals surface area contributed by atoms with Crippen LogP contribution in [0.1, 0.15) is 31.1 Å². The van der Waals surface area contributed by atoms with E-state index in [4.69, 9.17) is 9.73 Å². The van der Waals surface area contributed by atoms with Crippen LogP contribution in [0.15, 0.2) is 29.3 Å². The first-order valence-electron chi connectivity index (χ1n) is 10.1. The quantitative estimate of drug-likeness (QED) is 0.342. The van der Waals surface area contributed by atoms with Crippen molar-refractivity contribution in [1.29, 1.82) is 0 Å². The number of nitrogens with zero attached hydrogens (tertiary/aromatic N) is 5. The normalized spacial score (nSPS) is 17.1. The Bertz CT molecular complexity index is 823. The summed E-state index contributed by atoms with van der Waals surface area (Å²) >= 11 is 2.07. The zero-order valence-electron chi connectivity index (χ0n) is 18.5. The first-order valence-corrected chi connectivity index (χ1v) is 11.2. The number of benzene rings is 1. The molecule has 2 heterocycles. The number of nitrogens with one attached hydrogen (secondary N) is 1. The Balaban J connectivity index is 0.00000320. The number of aryl methyl sites for hydroxylation is 1. The molecule has 3 rings (SSSR count). The van der Waals surface area contributed by atoms with Gasteiger partial charge in [-0.1, -0.05) is 26.0 Å². The first kappa shape index (κ1) is 24.8. The Morgan fingerprint density at radius 2 is 2.03 bits per heavy atom. The summed E-state index contributed by atoms with van der Waals surface area (Å²) in [7, 11) is 3.68. The van der Waals surface area contributed by atoms with Crippen molar-refractivity contribution < 1.29 is 4.74 Å². The van der Waals surface area contributed by atoms with Crippen molar-refractivity contribution in [3.63, 3.8) is 0 Å². The maximum Gasteiger partial charge on any atom is 0.194 e. The van der Waals surface area contributed by atoms with E-state index in [0.29, 0.717) is 24.3 Å². The lowest BCUT2D eigenvalue weighted by molar-refractivity contribution is 0.379. The molecule has 0 bridgehead atoms. The Morgan fingerprint density at radius 3 is 2.63 bits per heavy atom. The second kappa shape index (κ2) is 11.8. The smallest absolute Gasteiger partial charge is 0.194 e. The van der Waals surface area contributed by atoms with Gasteiger partial charge in [-0.15, -0.1) is 34.2 Å². The Hall–Kier alpha value is -1.49. The van der Waals surface area contributed by atoms with E-state index in [1.54, 1.807) is 7.11 Å². The van der Waals surface area contributed by atoms with E-state index >= 15 is 0 Å². The zero-order chi connectivity index (χ0) is 20.8. The first-order chi connectivity index (χ1) is 14.0. The van der Waals surface area contributed by atoms with E-state index in [9.17, 15) is 0 Å². The molecule has 1 aromatic carbocycles. The monoisotopic (exact) mass is 544 g/mol. The van der Waals surface area contributed by atoms with Crippen LogP contribution in [0.2, 0.25) is 0 Å². The number of methoxy groups -OCH3 is 1. The predicted molar refractivity (Wildman–Crippen MR) is 135 cm³/mol. The molecule has 0 saturated carbocycles. The maximum absolute atomic E-state index is 5.25. The summed E-state index contributed by atoms with van der Waals surface area (Å²) in [6, 6.07) is 8.09. The summed E-state index contributed by atoms with van der Waals surface area (Å²) in [6.45, 7) is 9.80. The van der Waals surface area contributed by atoms with Crippen molar-refractivity contribution in [2.75, 3.05) is 26.0 Å². The van der Waals surface area contributed by atoms with Gasteiger partial charge in [-0.2, -0.15) is 11.8 Å². The minimum Gasteiger partial charge on any atom is -0.497 e. The highest BCUT2D eigenvalue weighted by Crippen LogP contribution is 2.25. The van der Waals surface area contributed by atoms with Gasteiger partial charge in [-0.25, -0.2) is 4.99 Å². The molecule has 9 heteroatoms. The number of halogens is 1. The van der Waals surface area contributed by atoms with Crippen molar-refractivity contribution in [3.05, 3.63) is 41.5 Å². The molecule has 1 aliphatic heterocycles. The molecular weight excluding hydrogens is 511 g/mol. The van der Waals surface area contributed by atoms with E-state index in [-0.39, 0.29) is 24.0 Å². The third kappa shape index (κ3) is 6.50. The standard InChI is InChI=1S/C21H32N6OS.HI/c1-15(2)19-14-27(10-11-29-19)21(23-13-20-25-24-16(3)26(20)4)22-12-17-6-8-18(28-5)9-7-17;/h6-9,15,19H,10-14H2,1-5H3,(H,22,23);1H. The molecule has 0 amide bonds. The number of rotatable bonds is 6. The summed E-state index contributed by atoms with van der Waals surface area (Å²) in [4.78, 5) is 7.33. The number of hydrogen-bond donors (Lipinski definition) is 1. The summed E-state index contributed by atoms with van der Waals surface area (Å²) in [5, 5.41) is 12.6. The Kier molecular flexibility index (Phi) is 9.73. The topological polar surface area (TPSA) is 67.6 Å². The van der Waals surface area contributed by atoms with Gasteiger partial charge < -0.3 is 19.5 Å². The molecule has 1 aliphatic rings. The zero-order valence-corrected chi connectivity index (χ0v) is 21.6. The third-order valence-electron chi connectivity index (χ3n) is 5.29. The van der Waals surface area contributed by atoms with E-state index in [0.717, 1.165) is 47.8 Å². The van der Waals surface area contributed by atoms with Gasteiger partial charge >= 0.3 is 0 Å². The highest BCUT2D eigenvalue weighted by atomic mass is 127. The van der Waals surface area contributed by atoms with Crippen LogP contribution in [0, 0.1) is 12.8 Å². The number of thioether (sulfide) groups is 1. The molecule has 1 saturated heterocycles. The fraction of sp³-hybridized carbons (Fsp3) is 0.571. The molecule has 1 N–H and O–H groups in total. The van der Waals surface area contributed by atoms with Crippen molar-refractivity contribution in [2.45, 2.75) is 39.1 Å². The maximum atomic E-state index is 5.25. The number of guanidine groups is 1. The third-order valence-corrected chi connectivity index (χ3v) is 6.83. The van der Waals surface area contributed by atoms with Crippen LogP contribution in [0.4, 0.5) is 0 Å². The van der Waals surface area contributed by atoms with Crippen molar-refractivity contribution in [2.24, 2.45) is 18.0 Å². The lowest BCUT2D eigenvalue weighted by Gasteiger charge is -2.36. The van der Waals surface area contributed by atoms with Crippen LogP contribution in [0.5, 0.6) is 5.75 Å². The summed E-state index contributed by atoms with van der Waals surface area (Å²) in [5.74, 6) is 5.38. The van der Waals surface area contributed by atoms with E-state index < -0.39 is 0 Å². The van der Waals surface area contributed by atoms with Gasteiger partial charge in [-0.3, -0.25) is 0 Å². The molecule has 1 unspecified atom stereocenters. The second-order valence-corrected chi connectivity index (χ2v) is 9.01. The van der Waals surface area contributed by atoms with Gasteiger partial charge in [0.25, 0.3) is 0 Å². The average Bonchev–Trinajstić information content (AvgIpc) is 3.06. The van der Waals surface area contributed by atoms with Crippen LogP contribution < -0.4 is 10.1 Å². The molecule has 1 atom stereocenters. The fourth-order valence-corrected chi connectivity index (χ4v) is 4.50. The van der Waals surface area contributed by atoms with E-state index in [1.165, 1.54) is 0 Å². The van der Waals surface area contributed by atoms with Gasteiger partial charge in [-0.05, 0) is 30.5 Å². The number of aliphatic imine (C=N–C) groups is 1. The molecule has 30 heavy (non-hydrogen) atoms. The highest BCUT2D eigenvalue weighted by molar-refractivity contribution is 14.0. The van der Waals surface area contributed by atoms with Gasteiger partial charge in [0.05, 0.1) is 20.2 Å². The number of aromatic nitrogens is 3. The van der Waals surface area contributed by atoms with E-state index in [2.05, 4.69) is 58.2 Å². The van der Waals surface area contributed by atoms with Crippen LogP contribution in [0.25, 0.3) is 0 Å². The lowest BCUT2D eigenvalue weighted by atomic mass is 10.1. The largest absolute Gasteiger partial charge is 0.497 e. The molecule has 2 aromatic rings. The molecule has 0 radical (unpaired) electrons. The van der Waals surface area contributed by atoms with Gasteiger partial charge in [0.15, 0.2) is 11.8 Å². The van der Waals surface area contributed by atoms with Crippen molar-refractivity contribution in [1.82, 2.24) is 25.0 Å². The minimum absolute atomic E-state index is 0. The molecular formula is C21H33IN6OS. The number of hydrogen-bond acceptors (Lipinski definition) is 5. The summed E-state index contributed by atoms with van der Waals surface area (Å²) in [6.07, 6.45) is 0. The fourth-order valence-electron chi connectivity index (χ4n) is 3.20. The van der Waals surface area contributed by atoms with Crippen molar-refractivity contribution in [3.8, 4) is 5.75 Å².